The highest BCUT2D eigenvalue weighted by Crippen LogP contribution is 2.32. The Balaban J connectivity index is 0.000000204. The molecule has 5 rings (SSSR count). The number of hydrogen-bond acceptors (Lipinski definition) is 3. The van der Waals surface area contributed by atoms with Crippen LogP contribution in [0.15, 0.2) is 97.1 Å². The Bertz CT molecular complexity index is 1310. The number of para-hydroxylation sites is 2. The van der Waals surface area contributed by atoms with Crippen molar-refractivity contribution < 1.29 is 14.2 Å². The van der Waals surface area contributed by atoms with Crippen molar-refractivity contribution in [3.05, 3.63) is 97.1 Å². The van der Waals surface area contributed by atoms with Crippen LogP contribution >= 0.6 is 0 Å². The van der Waals surface area contributed by atoms with Crippen molar-refractivity contribution in [2.24, 2.45) is 0 Å². The van der Waals surface area contributed by atoms with Crippen LogP contribution in [0.1, 0.15) is 27.7 Å². The Morgan fingerprint density at radius 1 is 0.514 bits per heavy atom. The Labute approximate surface area is 207 Å². The summed E-state index contributed by atoms with van der Waals surface area (Å²) in [4.78, 5) is 0. The number of benzene rings is 4. The van der Waals surface area contributed by atoms with Gasteiger partial charge in [-0.3, -0.25) is 0 Å². The van der Waals surface area contributed by atoms with Crippen molar-refractivity contribution in [2.75, 3.05) is 7.11 Å². The fourth-order valence-corrected chi connectivity index (χ4v) is 4.07. The van der Waals surface area contributed by atoms with Crippen molar-refractivity contribution in [3.8, 4) is 22.9 Å². The molecule has 0 aliphatic heterocycles. The molecule has 0 aliphatic carbocycles. The molecule has 5 aromatic rings. The van der Waals surface area contributed by atoms with E-state index in [1.165, 1.54) is 21.8 Å². The third-order valence-corrected chi connectivity index (χ3v) is 5.48. The summed E-state index contributed by atoms with van der Waals surface area (Å²) in [6.45, 7) is 8.09. The molecule has 4 aromatic carbocycles. The Morgan fingerprint density at radius 2 is 0.914 bits per heavy atom. The minimum absolute atomic E-state index is 0.189. The van der Waals surface area contributed by atoms with Gasteiger partial charge in [-0.15, -0.1) is 0 Å². The van der Waals surface area contributed by atoms with Crippen molar-refractivity contribution >= 4 is 21.8 Å². The van der Waals surface area contributed by atoms with E-state index < -0.39 is 0 Å². The SMILES string of the molecule is CC(C)Oc1ccc(-n2c3ccccc3c3ccccc32)cc1.COc1ccc(OC(C)C)cc1. The summed E-state index contributed by atoms with van der Waals surface area (Å²) < 4.78 is 18.5. The maximum absolute atomic E-state index is 5.75. The van der Waals surface area contributed by atoms with Gasteiger partial charge in [0.05, 0.1) is 30.4 Å². The summed E-state index contributed by atoms with van der Waals surface area (Å²) >= 11 is 0. The first-order valence-electron chi connectivity index (χ1n) is 12.0. The minimum atomic E-state index is 0.189. The molecule has 4 nitrogen and oxygen atoms in total. The third-order valence-electron chi connectivity index (χ3n) is 5.48. The second-order valence-corrected chi connectivity index (χ2v) is 8.87. The number of aromatic nitrogens is 1. The number of nitrogens with zero attached hydrogens (tertiary/aromatic N) is 1. The quantitative estimate of drug-likeness (QED) is 0.253. The van der Waals surface area contributed by atoms with Gasteiger partial charge in [0.2, 0.25) is 0 Å². The average molecular weight is 468 g/mol. The molecular weight excluding hydrogens is 434 g/mol. The highest BCUT2D eigenvalue weighted by molar-refractivity contribution is 6.09. The van der Waals surface area contributed by atoms with E-state index in [2.05, 4.69) is 65.2 Å². The van der Waals surface area contributed by atoms with E-state index in [1.54, 1.807) is 7.11 Å². The number of methoxy groups -OCH3 is 1. The van der Waals surface area contributed by atoms with Crippen LogP contribution in [0.5, 0.6) is 17.2 Å². The summed E-state index contributed by atoms with van der Waals surface area (Å²) in [6, 6.07) is 33.0. The van der Waals surface area contributed by atoms with E-state index in [9.17, 15) is 0 Å². The van der Waals surface area contributed by atoms with Gasteiger partial charge >= 0.3 is 0 Å². The lowest BCUT2D eigenvalue weighted by Gasteiger charge is -2.12. The molecule has 0 fully saturated rings. The van der Waals surface area contributed by atoms with Crippen LogP contribution < -0.4 is 14.2 Å². The highest BCUT2D eigenvalue weighted by Gasteiger charge is 2.11. The van der Waals surface area contributed by atoms with Crippen molar-refractivity contribution in [2.45, 2.75) is 39.9 Å². The topological polar surface area (TPSA) is 32.6 Å². The van der Waals surface area contributed by atoms with Gasteiger partial charge in [-0.25, -0.2) is 0 Å². The molecule has 0 saturated heterocycles. The Kier molecular flexibility index (Phi) is 7.61. The predicted molar refractivity (Wildman–Crippen MR) is 145 cm³/mol. The second kappa shape index (κ2) is 11.0. The van der Waals surface area contributed by atoms with Crippen LogP contribution in [-0.2, 0) is 0 Å². The van der Waals surface area contributed by atoms with Crippen molar-refractivity contribution in [1.82, 2.24) is 4.57 Å². The standard InChI is InChI=1S/C21H19NO.C10H14O2/c1-15(2)23-17-13-11-16(12-14-17)22-20-9-5-3-7-18(20)19-8-4-6-10-21(19)22;1-8(2)12-10-6-4-9(11-3)5-7-10/h3-15H,1-2H3;4-8H,1-3H3. The van der Waals surface area contributed by atoms with Gasteiger partial charge in [-0.1, -0.05) is 36.4 Å². The van der Waals surface area contributed by atoms with Crippen molar-refractivity contribution in [1.29, 1.82) is 0 Å². The van der Waals surface area contributed by atoms with Gasteiger partial charge < -0.3 is 18.8 Å². The van der Waals surface area contributed by atoms with Gasteiger partial charge in [-0.05, 0) is 88.4 Å². The zero-order valence-corrected chi connectivity index (χ0v) is 21.1. The van der Waals surface area contributed by atoms with Crippen LogP contribution in [0, 0.1) is 0 Å². The summed E-state index contributed by atoms with van der Waals surface area (Å²) in [6.07, 6.45) is 0.410. The molecule has 0 saturated carbocycles. The number of rotatable bonds is 6. The van der Waals surface area contributed by atoms with Crippen LogP contribution in [0.25, 0.3) is 27.5 Å². The molecule has 0 N–H and O–H groups in total. The van der Waals surface area contributed by atoms with Crippen LogP contribution in [0.4, 0.5) is 0 Å². The van der Waals surface area contributed by atoms with Gasteiger partial charge in [0.15, 0.2) is 0 Å². The van der Waals surface area contributed by atoms with Gasteiger partial charge in [0.25, 0.3) is 0 Å². The van der Waals surface area contributed by atoms with Crippen LogP contribution in [0.2, 0.25) is 0 Å². The van der Waals surface area contributed by atoms with E-state index in [4.69, 9.17) is 14.2 Å². The smallest absolute Gasteiger partial charge is 0.119 e. The zero-order chi connectivity index (χ0) is 24.8. The summed E-state index contributed by atoms with van der Waals surface area (Å²) in [5.41, 5.74) is 3.61. The van der Waals surface area contributed by atoms with E-state index in [-0.39, 0.29) is 12.2 Å². The number of hydrogen-bond donors (Lipinski definition) is 0. The molecule has 35 heavy (non-hydrogen) atoms. The van der Waals surface area contributed by atoms with Gasteiger partial charge in [0, 0.05) is 16.5 Å². The summed E-state index contributed by atoms with van der Waals surface area (Å²) in [5, 5.41) is 2.57. The predicted octanol–water partition coefficient (Wildman–Crippen LogP) is 8.05. The first-order chi connectivity index (χ1) is 17.0. The summed E-state index contributed by atoms with van der Waals surface area (Å²) in [7, 11) is 1.65. The third kappa shape index (κ3) is 5.78. The molecule has 180 valence electrons. The Hall–Kier alpha value is -3.92. The molecule has 4 heteroatoms. The normalized spacial score (nSPS) is 10.9. The number of fused-ring (bicyclic) bond motifs is 3. The fourth-order valence-electron chi connectivity index (χ4n) is 4.07. The molecule has 1 heterocycles. The molecule has 1 aromatic heterocycles. The molecule has 0 amide bonds. The second-order valence-electron chi connectivity index (χ2n) is 8.87. The van der Waals surface area contributed by atoms with E-state index >= 15 is 0 Å². The highest BCUT2D eigenvalue weighted by atomic mass is 16.5. The van der Waals surface area contributed by atoms with Gasteiger partial charge in [0.1, 0.15) is 17.2 Å². The zero-order valence-electron chi connectivity index (χ0n) is 21.1. The van der Waals surface area contributed by atoms with E-state index in [0.29, 0.717) is 0 Å². The molecule has 0 spiro atoms. The average Bonchev–Trinajstić information content (AvgIpc) is 3.19. The van der Waals surface area contributed by atoms with E-state index in [1.807, 2.05) is 64.1 Å². The maximum atomic E-state index is 5.75. The lowest BCUT2D eigenvalue weighted by molar-refractivity contribution is 0.242. The molecule has 0 radical (unpaired) electrons. The van der Waals surface area contributed by atoms with Crippen molar-refractivity contribution in [3.63, 3.8) is 0 Å². The largest absolute Gasteiger partial charge is 0.497 e. The van der Waals surface area contributed by atoms with E-state index in [0.717, 1.165) is 22.9 Å². The van der Waals surface area contributed by atoms with Crippen LogP contribution in [-0.4, -0.2) is 23.9 Å². The first kappa shape index (κ1) is 24.2. The number of ether oxygens (including phenoxy) is 3. The molecule has 0 unspecified atom stereocenters. The first-order valence-corrected chi connectivity index (χ1v) is 12.0. The minimum Gasteiger partial charge on any atom is -0.497 e. The summed E-state index contributed by atoms with van der Waals surface area (Å²) in [5.74, 6) is 2.64. The lowest BCUT2D eigenvalue weighted by atomic mass is 10.2. The Morgan fingerprint density at radius 3 is 1.34 bits per heavy atom. The fraction of sp³-hybridized carbons (Fsp3) is 0.226. The molecule has 0 bridgehead atoms. The monoisotopic (exact) mass is 467 g/mol. The van der Waals surface area contributed by atoms with Crippen LogP contribution in [0.3, 0.4) is 0 Å². The molecule has 0 aliphatic rings. The molecule has 0 atom stereocenters. The van der Waals surface area contributed by atoms with Gasteiger partial charge in [-0.2, -0.15) is 0 Å². The maximum Gasteiger partial charge on any atom is 0.119 e. The molecular formula is C31H33NO3. The lowest BCUT2D eigenvalue weighted by Crippen LogP contribution is -2.05.